The van der Waals surface area contributed by atoms with Gasteiger partial charge in [0.15, 0.2) is 37.6 Å². The van der Waals surface area contributed by atoms with Gasteiger partial charge in [-0.15, -0.1) is 0 Å². The molecule has 0 radical (unpaired) electrons. The van der Waals surface area contributed by atoms with Gasteiger partial charge < -0.3 is 89.0 Å². The number of methoxy groups -OCH3 is 1. The summed E-state index contributed by atoms with van der Waals surface area (Å²) in [7, 11) is 1.06. The first-order valence-corrected chi connectivity index (χ1v) is 23.3. The lowest BCUT2D eigenvalue weighted by atomic mass is 9.37. The predicted molar refractivity (Wildman–Crippen MR) is 223 cm³/mol. The Balaban J connectivity index is 1.08. The van der Waals surface area contributed by atoms with Gasteiger partial charge in [-0.2, -0.15) is 0 Å². The quantitative estimate of drug-likeness (QED) is 0.0783. The first kappa shape index (κ1) is 50.6. The Morgan fingerprint density at radius 3 is 1.94 bits per heavy atom. The van der Waals surface area contributed by atoms with Crippen molar-refractivity contribution in [2.24, 2.45) is 44.8 Å². The lowest BCUT2D eigenvalue weighted by Gasteiger charge is -2.70. The van der Waals surface area contributed by atoms with Gasteiger partial charge in [0.05, 0.1) is 37.4 Å². The Kier molecular flexibility index (Phi) is 13.4. The smallest absolute Gasteiger partial charge is 0.337 e. The van der Waals surface area contributed by atoms with E-state index in [4.69, 9.17) is 37.9 Å². The van der Waals surface area contributed by atoms with Crippen LogP contribution in [-0.2, 0) is 47.5 Å². The van der Waals surface area contributed by atoms with E-state index in [1.54, 1.807) is 0 Å². The summed E-state index contributed by atoms with van der Waals surface area (Å²) in [6.45, 7) is 15.1. The first-order chi connectivity index (χ1) is 30.7. The van der Waals surface area contributed by atoms with Crippen LogP contribution in [0.5, 0.6) is 0 Å². The van der Waals surface area contributed by atoms with Gasteiger partial charge in [-0.25, -0.2) is 4.79 Å². The Labute approximate surface area is 384 Å². The SMILES string of the molecule is COC(=O)[C@H]1O[C@H](O[C@H]2CC[C@@]3(C)[C@@H](CC[C@]4(C)[C@H]3CC=C3[C@@H]5CC(C)(C)CC(=O)[C@]5(C)CO[C@]34C)[C@@]2(C)CO)[C@H](O[C@H]2O[C@H](O)[C@@H](O)[C@H](O)[C@H]2O[C@H]2O[C@H](O)[C@@H](O)[C@H](O)[C@H]2O)[C@@H](O)[C@@H]1O. The molecule has 4 saturated heterocycles. The number of hydrogen-bond donors (Lipinski definition) is 10. The molecular formula is C46H72O20. The molecule has 8 rings (SSSR count). The lowest BCUT2D eigenvalue weighted by Crippen LogP contribution is -2.70. The van der Waals surface area contributed by atoms with Gasteiger partial charge in [0.1, 0.15) is 60.7 Å². The van der Waals surface area contributed by atoms with Gasteiger partial charge in [0.25, 0.3) is 0 Å². The van der Waals surface area contributed by atoms with Crippen molar-refractivity contribution >= 4 is 11.8 Å². The Morgan fingerprint density at radius 2 is 1.30 bits per heavy atom. The summed E-state index contributed by atoms with van der Waals surface area (Å²) in [5.41, 5.74) is -1.87. The minimum atomic E-state index is -2.13. The zero-order valence-electron chi connectivity index (χ0n) is 39.0. The number of ketones is 1. The van der Waals surface area contributed by atoms with Crippen LogP contribution in [0.1, 0.15) is 93.4 Å². The van der Waals surface area contributed by atoms with Crippen molar-refractivity contribution in [3.63, 3.8) is 0 Å². The fraction of sp³-hybridized carbons (Fsp3) is 0.913. The van der Waals surface area contributed by atoms with Gasteiger partial charge in [0, 0.05) is 17.3 Å². The molecule has 10 N–H and O–H groups in total. The average molecular weight is 945 g/mol. The predicted octanol–water partition coefficient (Wildman–Crippen LogP) is -1.12. The molecule has 24 atom stereocenters. The molecule has 66 heavy (non-hydrogen) atoms. The van der Waals surface area contributed by atoms with Crippen molar-refractivity contribution in [1.29, 1.82) is 0 Å². The molecule has 20 nitrogen and oxygen atoms in total. The molecule has 0 aromatic rings. The minimum Gasteiger partial charge on any atom is -0.467 e. The second-order valence-corrected chi connectivity index (χ2v) is 22.4. The number of carbonyl (C=O) groups is 2. The van der Waals surface area contributed by atoms with Crippen LogP contribution >= 0.6 is 0 Å². The minimum absolute atomic E-state index is 0.0513. The molecule has 0 unspecified atom stereocenters. The zero-order chi connectivity index (χ0) is 48.4. The number of allylic oxidation sites excluding steroid dienone is 1. The molecule has 0 spiro atoms. The second kappa shape index (κ2) is 17.5. The summed E-state index contributed by atoms with van der Waals surface area (Å²) >= 11 is 0. The molecule has 4 heterocycles. The van der Waals surface area contributed by atoms with E-state index >= 15 is 0 Å². The highest BCUT2D eigenvalue weighted by Crippen LogP contribution is 2.72. The number of Topliss-reactive ketones (excluding diaryl/α,β-unsaturated/α-hetero) is 1. The fourth-order valence-electron chi connectivity index (χ4n) is 13.9. The maximum Gasteiger partial charge on any atom is 0.337 e. The summed E-state index contributed by atoms with van der Waals surface area (Å²) in [4.78, 5) is 26.7. The van der Waals surface area contributed by atoms with E-state index in [-0.39, 0.29) is 46.4 Å². The topological polar surface area (TPSA) is 310 Å². The summed E-state index contributed by atoms with van der Waals surface area (Å²) < 4.78 is 47.0. The third-order valence-electron chi connectivity index (χ3n) is 18.1. The largest absolute Gasteiger partial charge is 0.467 e. The van der Waals surface area contributed by atoms with Crippen molar-refractivity contribution in [1.82, 2.24) is 0 Å². The molecule has 0 amide bonds. The van der Waals surface area contributed by atoms with Gasteiger partial charge in [-0.05, 0) is 86.5 Å². The number of hydrogen-bond acceptors (Lipinski definition) is 20. The van der Waals surface area contributed by atoms with Gasteiger partial charge >= 0.3 is 5.97 Å². The molecule has 4 aliphatic heterocycles. The summed E-state index contributed by atoms with van der Waals surface area (Å²) in [6.07, 6.45) is -23.6. The van der Waals surface area contributed by atoms with E-state index in [0.29, 0.717) is 32.3 Å². The maximum atomic E-state index is 13.7. The molecule has 4 aliphatic carbocycles. The monoisotopic (exact) mass is 944 g/mol. The van der Waals surface area contributed by atoms with Crippen LogP contribution in [0.15, 0.2) is 11.6 Å². The molecule has 0 aromatic carbocycles. The summed E-state index contributed by atoms with van der Waals surface area (Å²) in [5, 5.41) is 108. The normalized spacial score (nSPS) is 54.8. The highest BCUT2D eigenvalue weighted by molar-refractivity contribution is 5.87. The standard InChI is InChI=1S/C46H72O20/c1-41(2)15-20-19-9-10-22-42(3)13-12-24(43(4,17-47)21(42)11-14-45(22,6)46(19,7)60-18-44(20,5)23(48)16-41)61-39-33(27(51)26(50)32(62-39)37(58)59-8)64-40-34(28(52)30(54)36(57)66-40)63-38-31(55)25(49)29(53)35(56)65-38/h9,20-22,24-36,38-40,47,49-57H,10-18H2,1-8H3/t20-,21+,22-,24-,25-,26-,27-,28-,29-,30-,31+,32-,33+,34+,35-,36-,38-,39-,40-,42-,43+,44+,45+,46+/m0/s1. The van der Waals surface area contributed by atoms with Crippen molar-refractivity contribution in [3.8, 4) is 0 Å². The first-order valence-electron chi connectivity index (χ1n) is 23.3. The number of esters is 1. The van der Waals surface area contributed by atoms with Crippen LogP contribution in [0.2, 0.25) is 0 Å². The number of fused-ring (bicyclic) bond motifs is 7. The highest BCUT2D eigenvalue weighted by Gasteiger charge is 2.71. The third-order valence-corrected chi connectivity index (χ3v) is 18.1. The summed E-state index contributed by atoms with van der Waals surface area (Å²) in [5.74, 6) is -0.823. The molecule has 376 valence electrons. The van der Waals surface area contributed by atoms with Gasteiger partial charge in [-0.3, -0.25) is 4.79 Å². The third kappa shape index (κ3) is 7.68. The number of aliphatic hydroxyl groups excluding tert-OH is 10. The fourth-order valence-corrected chi connectivity index (χ4v) is 13.9. The van der Waals surface area contributed by atoms with E-state index in [2.05, 4.69) is 47.6 Å². The van der Waals surface area contributed by atoms with E-state index in [9.17, 15) is 60.7 Å². The van der Waals surface area contributed by atoms with E-state index in [0.717, 1.165) is 26.4 Å². The van der Waals surface area contributed by atoms with Crippen LogP contribution in [-0.4, -0.2) is 187 Å². The number of ether oxygens (including phenoxy) is 8. The van der Waals surface area contributed by atoms with Crippen LogP contribution < -0.4 is 0 Å². The lowest BCUT2D eigenvalue weighted by molar-refractivity contribution is -0.417. The molecule has 0 bridgehead atoms. The van der Waals surface area contributed by atoms with E-state index in [1.807, 2.05) is 6.92 Å². The van der Waals surface area contributed by atoms with Crippen molar-refractivity contribution in [2.75, 3.05) is 20.3 Å². The van der Waals surface area contributed by atoms with Crippen molar-refractivity contribution in [3.05, 3.63) is 11.6 Å². The maximum absolute atomic E-state index is 13.7. The van der Waals surface area contributed by atoms with E-state index in [1.165, 1.54) is 5.57 Å². The van der Waals surface area contributed by atoms with Crippen LogP contribution in [0, 0.1) is 44.8 Å². The number of carbonyl (C=O) groups excluding carboxylic acids is 2. The van der Waals surface area contributed by atoms with Crippen molar-refractivity contribution in [2.45, 2.75) is 198 Å². The van der Waals surface area contributed by atoms with E-state index < -0.39 is 121 Å². The van der Waals surface area contributed by atoms with Crippen LogP contribution in [0.3, 0.4) is 0 Å². The zero-order valence-corrected chi connectivity index (χ0v) is 39.0. The van der Waals surface area contributed by atoms with Gasteiger partial charge in [-0.1, -0.05) is 40.7 Å². The summed E-state index contributed by atoms with van der Waals surface area (Å²) in [6, 6.07) is 0. The van der Waals surface area contributed by atoms with Crippen molar-refractivity contribution < 1.29 is 98.5 Å². The Hall–Kier alpha value is -1.80. The highest BCUT2D eigenvalue weighted by atomic mass is 16.8. The molecule has 7 fully saturated rings. The van der Waals surface area contributed by atoms with Crippen LogP contribution in [0.4, 0.5) is 0 Å². The van der Waals surface area contributed by atoms with Gasteiger partial charge in [0.2, 0.25) is 0 Å². The Bertz CT molecular complexity index is 1870. The molecule has 3 saturated carbocycles. The average Bonchev–Trinajstić information content (AvgIpc) is 3.26. The number of rotatable bonds is 8. The number of aliphatic hydroxyl groups is 10. The Morgan fingerprint density at radius 1 is 0.712 bits per heavy atom. The molecule has 0 aromatic heterocycles. The van der Waals surface area contributed by atoms with Crippen LogP contribution in [0.25, 0.3) is 0 Å². The molecular weight excluding hydrogens is 872 g/mol. The molecule has 20 heteroatoms. The molecule has 8 aliphatic rings. The second-order valence-electron chi connectivity index (χ2n) is 22.4.